The standard InChI is InChI=1S/C13H16BrN3O/c1-3-9-6-17-13(18-9)7-16-12-4-8(2)11(15)5-10(12)14/h4-6,16H,3,7,15H2,1-2H3. The highest BCUT2D eigenvalue weighted by Gasteiger charge is 2.06. The summed E-state index contributed by atoms with van der Waals surface area (Å²) >= 11 is 3.48. The number of aryl methyl sites for hydroxylation is 2. The molecule has 0 aliphatic heterocycles. The van der Waals surface area contributed by atoms with Crippen LogP contribution in [0.15, 0.2) is 27.2 Å². The first kappa shape index (κ1) is 13.0. The minimum atomic E-state index is 0.557. The van der Waals surface area contributed by atoms with Crippen molar-refractivity contribution in [1.29, 1.82) is 0 Å². The molecule has 18 heavy (non-hydrogen) atoms. The Kier molecular flexibility index (Phi) is 3.91. The van der Waals surface area contributed by atoms with Crippen molar-refractivity contribution >= 4 is 27.3 Å². The molecule has 2 aromatic rings. The van der Waals surface area contributed by atoms with Crippen LogP contribution in [0, 0.1) is 6.92 Å². The Morgan fingerprint density at radius 1 is 1.44 bits per heavy atom. The molecular weight excluding hydrogens is 294 g/mol. The first-order chi connectivity index (χ1) is 8.60. The van der Waals surface area contributed by atoms with E-state index in [-0.39, 0.29) is 0 Å². The Labute approximate surface area is 115 Å². The number of benzene rings is 1. The predicted molar refractivity (Wildman–Crippen MR) is 76.5 cm³/mol. The number of hydrogen-bond acceptors (Lipinski definition) is 4. The third-order valence-corrected chi connectivity index (χ3v) is 3.39. The Morgan fingerprint density at radius 3 is 2.89 bits per heavy atom. The van der Waals surface area contributed by atoms with Gasteiger partial charge in [-0.05, 0) is 40.5 Å². The van der Waals surface area contributed by atoms with Gasteiger partial charge >= 0.3 is 0 Å². The van der Waals surface area contributed by atoms with E-state index in [1.807, 2.05) is 26.0 Å². The van der Waals surface area contributed by atoms with Gasteiger partial charge in [0.05, 0.1) is 12.7 Å². The molecule has 3 N–H and O–H groups in total. The average Bonchev–Trinajstić information content (AvgIpc) is 2.80. The molecule has 1 aromatic carbocycles. The van der Waals surface area contributed by atoms with Crippen LogP contribution in [-0.4, -0.2) is 4.98 Å². The molecule has 5 heteroatoms. The quantitative estimate of drug-likeness (QED) is 0.848. The van der Waals surface area contributed by atoms with Crippen molar-refractivity contribution in [3.05, 3.63) is 40.0 Å². The molecule has 0 saturated heterocycles. The van der Waals surface area contributed by atoms with E-state index in [1.165, 1.54) is 0 Å². The number of aromatic nitrogens is 1. The van der Waals surface area contributed by atoms with Crippen molar-refractivity contribution in [2.75, 3.05) is 11.1 Å². The van der Waals surface area contributed by atoms with E-state index in [2.05, 4.69) is 26.2 Å². The summed E-state index contributed by atoms with van der Waals surface area (Å²) in [6.45, 7) is 4.58. The van der Waals surface area contributed by atoms with Gasteiger partial charge in [0.25, 0.3) is 0 Å². The number of hydrogen-bond donors (Lipinski definition) is 2. The second kappa shape index (κ2) is 5.44. The predicted octanol–water partition coefficient (Wildman–Crippen LogP) is 3.50. The summed E-state index contributed by atoms with van der Waals surface area (Å²) in [6.07, 6.45) is 2.62. The topological polar surface area (TPSA) is 64.1 Å². The zero-order chi connectivity index (χ0) is 13.1. The number of nitrogens with zero attached hydrogens (tertiary/aromatic N) is 1. The van der Waals surface area contributed by atoms with Gasteiger partial charge in [0.1, 0.15) is 5.76 Å². The van der Waals surface area contributed by atoms with Crippen molar-refractivity contribution in [3.8, 4) is 0 Å². The summed E-state index contributed by atoms with van der Waals surface area (Å²) < 4.78 is 6.47. The smallest absolute Gasteiger partial charge is 0.213 e. The Hall–Kier alpha value is -1.49. The molecule has 2 rings (SSSR count). The Morgan fingerprint density at radius 2 is 2.22 bits per heavy atom. The molecule has 0 bridgehead atoms. The van der Waals surface area contributed by atoms with Crippen molar-refractivity contribution in [2.24, 2.45) is 0 Å². The number of anilines is 2. The summed E-state index contributed by atoms with van der Waals surface area (Å²) in [5, 5.41) is 3.28. The maximum absolute atomic E-state index is 5.83. The van der Waals surface area contributed by atoms with Crippen LogP contribution in [0.25, 0.3) is 0 Å². The molecular formula is C13H16BrN3O. The van der Waals surface area contributed by atoms with Gasteiger partial charge < -0.3 is 15.5 Å². The van der Waals surface area contributed by atoms with Gasteiger partial charge in [0.15, 0.2) is 0 Å². The van der Waals surface area contributed by atoms with Gasteiger partial charge in [-0.15, -0.1) is 0 Å². The number of rotatable bonds is 4. The van der Waals surface area contributed by atoms with Crippen molar-refractivity contribution in [1.82, 2.24) is 4.98 Å². The second-order valence-electron chi connectivity index (χ2n) is 4.12. The van der Waals surface area contributed by atoms with Crippen LogP contribution >= 0.6 is 15.9 Å². The lowest BCUT2D eigenvalue weighted by molar-refractivity contribution is 0.466. The van der Waals surface area contributed by atoms with E-state index >= 15 is 0 Å². The summed E-state index contributed by atoms with van der Waals surface area (Å²) in [5.74, 6) is 1.59. The summed E-state index contributed by atoms with van der Waals surface area (Å²) in [5.41, 5.74) is 8.63. The van der Waals surface area contributed by atoms with Crippen LogP contribution in [0.4, 0.5) is 11.4 Å². The van der Waals surface area contributed by atoms with Crippen molar-refractivity contribution in [3.63, 3.8) is 0 Å². The lowest BCUT2D eigenvalue weighted by Crippen LogP contribution is -2.01. The van der Waals surface area contributed by atoms with E-state index < -0.39 is 0 Å². The number of nitrogen functional groups attached to an aromatic ring is 1. The molecule has 0 unspecified atom stereocenters. The molecule has 1 aromatic heterocycles. The molecule has 0 fully saturated rings. The Bertz CT molecular complexity index is 551. The van der Waals surface area contributed by atoms with Crippen LogP contribution < -0.4 is 11.1 Å². The largest absolute Gasteiger partial charge is 0.444 e. The van der Waals surface area contributed by atoms with Crippen molar-refractivity contribution in [2.45, 2.75) is 26.8 Å². The minimum Gasteiger partial charge on any atom is -0.444 e. The molecule has 0 aliphatic rings. The number of halogens is 1. The third kappa shape index (κ3) is 2.85. The molecule has 0 aliphatic carbocycles. The molecule has 0 atom stereocenters. The van der Waals surface area contributed by atoms with E-state index in [4.69, 9.17) is 10.2 Å². The zero-order valence-electron chi connectivity index (χ0n) is 10.5. The van der Waals surface area contributed by atoms with Gasteiger partial charge in [-0.2, -0.15) is 0 Å². The lowest BCUT2D eigenvalue weighted by atomic mass is 10.2. The normalized spacial score (nSPS) is 10.6. The molecule has 1 heterocycles. The van der Waals surface area contributed by atoms with Gasteiger partial charge in [0.2, 0.25) is 5.89 Å². The average molecular weight is 310 g/mol. The lowest BCUT2D eigenvalue weighted by Gasteiger charge is -2.09. The maximum atomic E-state index is 5.83. The van der Waals surface area contributed by atoms with Crippen LogP contribution in [0.3, 0.4) is 0 Å². The van der Waals surface area contributed by atoms with E-state index in [1.54, 1.807) is 6.20 Å². The highest BCUT2D eigenvalue weighted by Crippen LogP contribution is 2.28. The van der Waals surface area contributed by atoms with Crippen molar-refractivity contribution < 1.29 is 4.42 Å². The van der Waals surface area contributed by atoms with Gasteiger partial charge in [-0.3, -0.25) is 0 Å². The molecule has 0 amide bonds. The molecule has 0 radical (unpaired) electrons. The molecule has 4 nitrogen and oxygen atoms in total. The number of nitrogens with one attached hydrogen (secondary N) is 1. The monoisotopic (exact) mass is 309 g/mol. The van der Waals surface area contributed by atoms with Crippen LogP contribution in [0.1, 0.15) is 24.1 Å². The SMILES string of the molecule is CCc1cnc(CNc2cc(C)c(N)cc2Br)o1. The fourth-order valence-corrected chi connectivity index (χ4v) is 2.10. The van der Waals surface area contributed by atoms with Crippen LogP contribution in [0.5, 0.6) is 0 Å². The first-order valence-corrected chi connectivity index (χ1v) is 6.62. The fraction of sp³-hybridized carbons (Fsp3) is 0.308. The molecule has 0 spiro atoms. The maximum Gasteiger partial charge on any atom is 0.213 e. The highest BCUT2D eigenvalue weighted by atomic mass is 79.9. The Balaban J connectivity index is 2.08. The molecule has 0 saturated carbocycles. The first-order valence-electron chi connectivity index (χ1n) is 5.83. The zero-order valence-corrected chi connectivity index (χ0v) is 12.0. The fourth-order valence-electron chi connectivity index (χ4n) is 1.60. The van der Waals surface area contributed by atoms with Crippen LogP contribution in [-0.2, 0) is 13.0 Å². The van der Waals surface area contributed by atoms with E-state index in [0.29, 0.717) is 12.4 Å². The van der Waals surface area contributed by atoms with Gasteiger partial charge in [-0.1, -0.05) is 6.92 Å². The third-order valence-electron chi connectivity index (χ3n) is 2.74. The van der Waals surface area contributed by atoms with Gasteiger partial charge in [0, 0.05) is 22.3 Å². The number of oxazole rings is 1. The van der Waals surface area contributed by atoms with E-state index in [9.17, 15) is 0 Å². The summed E-state index contributed by atoms with van der Waals surface area (Å²) in [7, 11) is 0. The van der Waals surface area contributed by atoms with E-state index in [0.717, 1.165) is 33.6 Å². The minimum absolute atomic E-state index is 0.557. The number of nitrogens with two attached hydrogens (primary N) is 1. The van der Waals surface area contributed by atoms with Gasteiger partial charge in [-0.25, -0.2) is 4.98 Å². The summed E-state index contributed by atoms with van der Waals surface area (Å²) in [6, 6.07) is 3.90. The molecule has 96 valence electrons. The summed E-state index contributed by atoms with van der Waals surface area (Å²) in [4.78, 5) is 4.20. The van der Waals surface area contributed by atoms with Crippen LogP contribution in [0.2, 0.25) is 0 Å². The highest BCUT2D eigenvalue weighted by molar-refractivity contribution is 9.10. The second-order valence-corrected chi connectivity index (χ2v) is 4.97.